The number of carbonyl (C=O) groups excluding carboxylic acids is 4. The number of β-lactam (4-membered cyclic amide) rings is 1. The molecule has 2 saturated heterocycles. The number of nitrogens with zero attached hydrogens (tertiary/aromatic N) is 4. The lowest BCUT2D eigenvalue weighted by molar-refractivity contribution is -0.156. The second-order valence-corrected chi connectivity index (χ2v) is 11.4. The van der Waals surface area contributed by atoms with Gasteiger partial charge in [0, 0.05) is 25.1 Å². The van der Waals surface area contributed by atoms with Gasteiger partial charge in [0.1, 0.15) is 35.7 Å². The monoisotopic (exact) mass is 581 g/mol. The van der Waals surface area contributed by atoms with Crippen LogP contribution in [0.5, 0.6) is 0 Å². The molecule has 2 fully saturated rings. The highest BCUT2D eigenvalue weighted by Crippen LogP contribution is 2.40. The van der Waals surface area contributed by atoms with Crippen LogP contribution in [0.1, 0.15) is 46.2 Å². The third-order valence-corrected chi connectivity index (χ3v) is 6.68. The summed E-state index contributed by atoms with van der Waals surface area (Å²) >= 11 is 4.61. The van der Waals surface area contributed by atoms with Crippen molar-refractivity contribution in [1.82, 2.24) is 25.2 Å². The van der Waals surface area contributed by atoms with Crippen molar-refractivity contribution in [1.29, 1.82) is 0 Å². The smallest absolute Gasteiger partial charge is 0.408 e. The number of hydrogen-bond donors (Lipinski definition) is 2. The third kappa shape index (κ3) is 7.73. The van der Waals surface area contributed by atoms with Crippen LogP contribution in [0.15, 0.2) is 17.5 Å². The molecule has 1 N–H and O–H groups in total. The van der Waals surface area contributed by atoms with E-state index in [1.165, 1.54) is 11.8 Å². The number of carbonyl (C=O) groups is 4. The Morgan fingerprint density at radius 3 is 2.65 bits per heavy atom. The second kappa shape index (κ2) is 12.6. The molecule has 0 aromatic carbocycles. The predicted molar refractivity (Wildman–Crippen MR) is 140 cm³/mol. The molecule has 1 aromatic rings. The number of hydrogen-bond acceptors (Lipinski definition) is 12. The first kappa shape index (κ1) is 29.8. The summed E-state index contributed by atoms with van der Waals surface area (Å²) in [5.41, 5.74) is 0.350. The normalized spacial score (nSPS) is 23.7. The number of alkyl carbamates (subject to hydrolysis) is 1. The van der Waals surface area contributed by atoms with Crippen LogP contribution in [0.25, 0.3) is 0 Å². The molecule has 220 valence electrons. The van der Waals surface area contributed by atoms with E-state index >= 15 is 0 Å². The molecular weight excluding hydrogens is 546 g/mol. The summed E-state index contributed by atoms with van der Waals surface area (Å²) in [6.07, 6.45) is 1.87. The lowest BCUT2D eigenvalue weighted by Gasteiger charge is -2.52. The highest BCUT2D eigenvalue weighted by Gasteiger charge is 2.57. The Kier molecular flexibility index (Phi) is 9.36. The molecule has 4 rings (SSSR count). The van der Waals surface area contributed by atoms with Crippen LogP contribution in [0.2, 0.25) is 0 Å². The number of rotatable bonds is 12. The number of aromatic nitrogens is 3. The van der Waals surface area contributed by atoms with Crippen molar-refractivity contribution in [3.05, 3.63) is 23.2 Å². The number of fused-ring (bicyclic) bond motifs is 1. The molecule has 4 heterocycles. The van der Waals surface area contributed by atoms with E-state index < -0.39 is 46.9 Å². The van der Waals surface area contributed by atoms with Crippen molar-refractivity contribution >= 4 is 36.6 Å². The number of nitrogens with one attached hydrogen (secondary N) is 1. The topological polar surface area (TPSA) is 164 Å². The Morgan fingerprint density at radius 1 is 1.23 bits per heavy atom. The Hall–Kier alpha value is -3.17. The summed E-state index contributed by atoms with van der Waals surface area (Å²) in [4.78, 5) is 51.3. The van der Waals surface area contributed by atoms with E-state index in [1.807, 2.05) is 0 Å². The third-order valence-electron chi connectivity index (χ3n) is 6.19. The fourth-order valence-electron chi connectivity index (χ4n) is 4.38. The van der Waals surface area contributed by atoms with Gasteiger partial charge in [-0.2, -0.15) is 12.6 Å². The maximum atomic E-state index is 13.2. The lowest BCUT2D eigenvalue weighted by Crippen LogP contribution is -2.75. The molecule has 0 radical (unpaired) electrons. The number of epoxide rings is 1. The van der Waals surface area contributed by atoms with Crippen LogP contribution >= 0.6 is 12.6 Å². The molecule has 0 bridgehead atoms. The molecule has 0 aliphatic carbocycles. The standard InChI is InChI=1S/C25H35N5O9S/c1-14(31)37-10-15-8-18(40)21-19(26-24(34)39-25(2,3)4)22(32)30(21)20(15)23(33)36-7-5-6-29-9-16(27-28-29)11-35-12-17-13-38-17/h9,17-19,21,40H,5-8,10-13H2,1-4H3,(H,26,34)/t17?,18?,19-,21+/m1/s1. The number of ether oxygens (including phenoxy) is 5. The molecule has 14 nitrogen and oxygen atoms in total. The van der Waals surface area contributed by atoms with Crippen LogP contribution < -0.4 is 5.32 Å². The molecule has 1 aromatic heterocycles. The van der Waals surface area contributed by atoms with Crippen LogP contribution in [-0.2, 0) is 51.2 Å². The van der Waals surface area contributed by atoms with Gasteiger partial charge in [0.05, 0.1) is 38.7 Å². The second-order valence-electron chi connectivity index (χ2n) is 10.8. The maximum absolute atomic E-state index is 13.2. The van der Waals surface area contributed by atoms with Gasteiger partial charge in [0.25, 0.3) is 5.91 Å². The van der Waals surface area contributed by atoms with Crippen LogP contribution in [0, 0.1) is 0 Å². The van der Waals surface area contributed by atoms with E-state index in [0.717, 1.165) is 6.61 Å². The highest BCUT2D eigenvalue weighted by atomic mass is 32.1. The van der Waals surface area contributed by atoms with Crippen molar-refractivity contribution < 1.29 is 42.9 Å². The Morgan fingerprint density at radius 2 is 1.98 bits per heavy atom. The van der Waals surface area contributed by atoms with Gasteiger partial charge in [-0.15, -0.1) is 5.10 Å². The fourth-order valence-corrected chi connectivity index (χ4v) is 4.90. The van der Waals surface area contributed by atoms with Crippen LogP contribution in [0.3, 0.4) is 0 Å². The quantitative estimate of drug-likeness (QED) is 0.0894. The zero-order chi connectivity index (χ0) is 29.0. The van der Waals surface area contributed by atoms with Crippen LogP contribution in [0.4, 0.5) is 4.79 Å². The largest absolute Gasteiger partial charge is 0.461 e. The van der Waals surface area contributed by atoms with Gasteiger partial charge >= 0.3 is 18.0 Å². The zero-order valence-electron chi connectivity index (χ0n) is 23.0. The van der Waals surface area contributed by atoms with E-state index in [1.54, 1.807) is 31.6 Å². The highest BCUT2D eigenvalue weighted by molar-refractivity contribution is 7.81. The minimum Gasteiger partial charge on any atom is -0.461 e. The molecule has 0 spiro atoms. The first-order valence-electron chi connectivity index (χ1n) is 13.0. The summed E-state index contributed by atoms with van der Waals surface area (Å²) in [6, 6.07) is -1.52. The van der Waals surface area contributed by atoms with E-state index in [0.29, 0.717) is 37.4 Å². The van der Waals surface area contributed by atoms with Crippen molar-refractivity contribution in [3.63, 3.8) is 0 Å². The molecular formula is C25H35N5O9S. The number of aryl methyl sites for hydroxylation is 1. The van der Waals surface area contributed by atoms with E-state index in [2.05, 4.69) is 28.3 Å². The lowest BCUT2D eigenvalue weighted by atomic mass is 9.83. The number of amides is 2. The summed E-state index contributed by atoms with van der Waals surface area (Å²) in [6.45, 7) is 8.26. The van der Waals surface area contributed by atoms with Gasteiger partial charge in [-0.25, -0.2) is 9.59 Å². The van der Waals surface area contributed by atoms with Gasteiger partial charge in [-0.3, -0.25) is 19.2 Å². The number of thiol groups is 1. The average Bonchev–Trinajstić information content (AvgIpc) is 3.58. The van der Waals surface area contributed by atoms with Gasteiger partial charge in [-0.1, -0.05) is 5.21 Å². The van der Waals surface area contributed by atoms with Crippen molar-refractivity contribution in [2.24, 2.45) is 0 Å². The Balaban J connectivity index is 1.35. The van der Waals surface area contributed by atoms with Gasteiger partial charge in [0.2, 0.25) is 0 Å². The van der Waals surface area contributed by atoms with Gasteiger partial charge in [0.15, 0.2) is 0 Å². The number of esters is 2. The van der Waals surface area contributed by atoms with Crippen LogP contribution in [-0.4, -0.2) is 99.3 Å². The van der Waals surface area contributed by atoms with E-state index in [-0.39, 0.29) is 31.4 Å². The predicted octanol–water partition coefficient (Wildman–Crippen LogP) is 0.750. The van der Waals surface area contributed by atoms with E-state index in [4.69, 9.17) is 23.7 Å². The summed E-state index contributed by atoms with van der Waals surface area (Å²) in [7, 11) is 0. The first-order valence-corrected chi connectivity index (χ1v) is 13.6. The Labute approximate surface area is 237 Å². The van der Waals surface area contributed by atoms with E-state index in [9.17, 15) is 19.2 Å². The first-order chi connectivity index (χ1) is 18.9. The minimum absolute atomic E-state index is 0.00335. The van der Waals surface area contributed by atoms with Gasteiger partial charge < -0.3 is 29.0 Å². The summed E-state index contributed by atoms with van der Waals surface area (Å²) in [5, 5.41) is 10.2. The summed E-state index contributed by atoms with van der Waals surface area (Å²) in [5.74, 6) is -1.77. The molecule has 0 saturated carbocycles. The molecule has 3 aliphatic rings. The maximum Gasteiger partial charge on any atom is 0.408 e. The molecule has 40 heavy (non-hydrogen) atoms. The molecule has 4 atom stereocenters. The van der Waals surface area contributed by atoms with Crippen molar-refractivity contribution in [2.45, 2.75) is 82.7 Å². The SMILES string of the molecule is CC(=O)OCC1=C(C(=O)OCCCn2cc(COCC3CO3)nn2)N2C(=O)[C@H](NC(=O)OC(C)(C)C)[C@@H]2C(S)C1. The van der Waals surface area contributed by atoms with Gasteiger partial charge in [-0.05, 0) is 32.8 Å². The molecule has 2 amide bonds. The van der Waals surface area contributed by atoms with Crippen molar-refractivity contribution in [2.75, 3.05) is 26.4 Å². The van der Waals surface area contributed by atoms with Crippen molar-refractivity contribution in [3.8, 4) is 0 Å². The zero-order valence-corrected chi connectivity index (χ0v) is 23.8. The summed E-state index contributed by atoms with van der Waals surface area (Å²) < 4.78 is 28.1. The molecule has 2 unspecified atom stereocenters. The Bertz CT molecular complexity index is 1160. The fraction of sp³-hybridized carbons (Fsp3) is 0.680. The molecule has 3 aliphatic heterocycles. The average molecular weight is 582 g/mol. The molecule has 15 heteroatoms. The minimum atomic E-state index is -0.919.